The molecule has 26 heavy (non-hydrogen) atoms. The van der Waals surface area contributed by atoms with Gasteiger partial charge < -0.3 is 10.6 Å². The summed E-state index contributed by atoms with van der Waals surface area (Å²) in [6.45, 7) is 4.32. The van der Waals surface area contributed by atoms with Crippen molar-refractivity contribution in [1.29, 1.82) is 0 Å². The van der Waals surface area contributed by atoms with Crippen LogP contribution in [0.2, 0.25) is 0 Å². The maximum absolute atomic E-state index is 12.3. The van der Waals surface area contributed by atoms with E-state index in [2.05, 4.69) is 36.6 Å². The van der Waals surface area contributed by atoms with Gasteiger partial charge in [-0.25, -0.2) is 0 Å². The molecule has 1 aromatic rings. The van der Waals surface area contributed by atoms with E-state index in [9.17, 15) is 9.59 Å². The molecule has 1 heterocycles. The number of benzene rings is 1. The maximum atomic E-state index is 12.3. The van der Waals surface area contributed by atoms with Crippen LogP contribution in [0.1, 0.15) is 45.1 Å². The number of carbonyl (C=O) groups excluding carboxylic acids is 2. The lowest BCUT2D eigenvalue weighted by molar-refractivity contribution is -0.133. The number of rotatable bonds is 6. The lowest BCUT2D eigenvalue weighted by atomic mass is 9.67. The van der Waals surface area contributed by atoms with Crippen molar-refractivity contribution in [1.82, 2.24) is 10.6 Å². The van der Waals surface area contributed by atoms with Crippen molar-refractivity contribution in [3.63, 3.8) is 0 Å². The number of amides is 2. The molecule has 5 unspecified atom stereocenters. The van der Waals surface area contributed by atoms with Crippen molar-refractivity contribution >= 4 is 23.6 Å². The number of hydrogen-bond acceptors (Lipinski definition) is 3. The summed E-state index contributed by atoms with van der Waals surface area (Å²) in [6, 6.07) is 10.6. The molecular formula is C21H30N2O2S. The van der Waals surface area contributed by atoms with Gasteiger partial charge in [0.15, 0.2) is 0 Å². The lowest BCUT2D eigenvalue weighted by Crippen LogP contribution is -2.58. The second-order valence-electron chi connectivity index (χ2n) is 7.71. The zero-order valence-corrected chi connectivity index (χ0v) is 16.6. The smallest absolute Gasteiger partial charge is 0.230 e. The van der Waals surface area contributed by atoms with Crippen molar-refractivity contribution < 1.29 is 9.59 Å². The summed E-state index contributed by atoms with van der Waals surface area (Å²) in [4.78, 5) is 24.6. The van der Waals surface area contributed by atoms with Gasteiger partial charge in [0, 0.05) is 23.8 Å². The van der Waals surface area contributed by atoms with Gasteiger partial charge in [-0.15, -0.1) is 11.8 Å². The molecule has 142 valence electrons. The first-order chi connectivity index (χ1) is 12.6. The van der Waals surface area contributed by atoms with E-state index in [4.69, 9.17) is 0 Å². The first kappa shape index (κ1) is 19.3. The molecule has 4 nitrogen and oxygen atoms in total. The normalized spacial score (nSPS) is 31.0. The minimum atomic E-state index is 0.107. The average molecular weight is 375 g/mol. The predicted octanol–water partition coefficient (Wildman–Crippen LogP) is 3.37. The molecule has 0 bridgehead atoms. The SMILES string of the molecule is CCC1C(=O)NC2CC(NC(=O)CSCc3ccccc3)CCC2C1C. The van der Waals surface area contributed by atoms with E-state index in [0.29, 0.717) is 17.6 Å². The number of thioether (sulfide) groups is 1. The fourth-order valence-corrected chi connectivity index (χ4v) is 5.41. The molecule has 2 fully saturated rings. The van der Waals surface area contributed by atoms with Crippen LogP contribution in [0.15, 0.2) is 30.3 Å². The number of fused-ring (bicyclic) bond motifs is 1. The Balaban J connectivity index is 1.44. The van der Waals surface area contributed by atoms with Crippen LogP contribution >= 0.6 is 11.8 Å². The fraction of sp³-hybridized carbons (Fsp3) is 0.619. The van der Waals surface area contributed by atoms with E-state index in [-0.39, 0.29) is 29.8 Å². The molecule has 1 aliphatic carbocycles. The Bertz CT molecular complexity index is 622. The number of carbonyl (C=O) groups is 2. The molecule has 1 aromatic carbocycles. The molecular weight excluding hydrogens is 344 g/mol. The second-order valence-corrected chi connectivity index (χ2v) is 8.69. The minimum Gasteiger partial charge on any atom is -0.353 e. The Hall–Kier alpha value is -1.49. The lowest BCUT2D eigenvalue weighted by Gasteiger charge is -2.46. The van der Waals surface area contributed by atoms with Crippen LogP contribution in [-0.2, 0) is 15.3 Å². The monoisotopic (exact) mass is 374 g/mol. The number of piperidine rings is 1. The van der Waals surface area contributed by atoms with E-state index in [1.807, 2.05) is 18.2 Å². The number of nitrogens with one attached hydrogen (secondary N) is 2. The second kappa shape index (κ2) is 8.94. The molecule has 2 N–H and O–H groups in total. The maximum Gasteiger partial charge on any atom is 0.230 e. The van der Waals surface area contributed by atoms with Crippen molar-refractivity contribution in [2.75, 3.05) is 5.75 Å². The van der Waals surface area contributed by atoms with Gasteiger partial charge in [0.2, 0.25) is 11.8 Å². The van der Waals surface area contributed by atoms with Gasteiger partial charge in [0.25, 0.3) is 0 Å². The molecule has 1 aliphatic heterocycles. The van der Waals surface area contributed by atoms with Crippen molar-refractivity contribution in [3.05, 3.63) is 35.9 Å². The van der Waals surface area contributed by atoms with Crippen molar-refractivity contribution in [2.45, 2.75) is 57.4 Å². The van der Waals surface area contributed by atoms with E-state index in [0.717, 1.165) is 31.4 Å². The highest BCUT2D eigenvalue weighted by Crippen LogP contribution is 2.38. The Morgan fingerprint density at radius 1 is 1.27 bits per heavy atom. The van der Waals surface area contributed by atoms with Crippen molar-refractivity contribution in [3.8, 4) is 0 Å². The molecule has 2 amide bonds. The Kier molecular flexibility index (Phi) is 6.63. The quantitative estimate of drug-likeness (QED) is 0.803. The third-order valence-corrected chi connectivity index (χ3v) is 7.03. The zero-order valence-electron chi connectivity index (χ0n) is 15.7. The van der Waals surface area contributed by atoms with Gasteiger partial charge in [-0.3, -0.25) is 9.59 Å². The minimum absolute atomic E-state index is 0.107. The van der Waals surface area contributed by atoms with Gasteiger partial charge in [0.1, 0.15) is 0 Å². The zero-order chi connectivity index (χ0) is 18.5. The largest absolute Gasteiger partial charge is 0.353 e. The predicted molar refractivity (Wildman–Crippen MR) is 107 cm³/mol. The topological polar surface area (TPSA) is 58.2 Å². The van der Waals surface area contributed by atoms with E-state index in [1.165, 1.54) is 5.56 Å². The van der Waals surface area contributed by atoms with Gasteiger partial charge in [-0.1, -0.05) is 44.2 Å². The average Bonchev–Trinajstić information content (AvgIpc) is 2.62. The van der Waals surface area contributed by atoms with Crippen molar-refractivity contribution in [2.24, 2.45) is 17.8 Å². The van der Waals surface area contributed by atoms with Gasteiger partial charge in [-0.05, 0) is 43.1 Å². The first-order valence-electron chi connectivity index (χ1n) is 9.80. The highest BCUT2D eigenvalue weighted by Gasteiger charge is 2.43. The highest BCUT2D eigenvalue weighted by molar-refractivity contribution is 7.99. The summed E-state index contributed by atoms with van der Waals surface area (Å²) in [5, 5.41) is 6.40. The van der Waals surface area contributed by atoms with Gasteiger partial charge >= 0.3 is 0 Å². The van der Waals surface area contributed by atoms with E-state index < -0.39 is 0 Å². The van der Waals surface area contributed by atoms with Crippen LogP contribution in [0.4, 0.5) is 0 Å². The van der Waals surface area contributed by atoms with E-state index in [1.54, 1.807) is 11.8 Å². The summed E-state index contributed by atoms with van der Waals surface area (Å²) in [5.74, 6) is 2.80. The van der Waals surface area contributed by atoms with Gasteiger partial charge in [-0.2, -0.15) is 0 Å². The molecule has 0 radical (unpaired) electrons. The Morgan fingerprint density at radius 2 is 2.04 bits per heavy atom. The summed E-state index contributed by atoms with van der Waals surface area (Å²) in [6.07, 6.45) is 3.89. The summed E-state index contributed by atoms with van der Waals surface area (Å²) in [7, 11) is 0. The molecule has 5 atom stereocenters. The third kappa shape index (κ3) is 4.61. The Morgan fingerprint density at radius 3 is 2.77 bits per heavy atom. The summed E-state index contributed by atoms with van der Waals surface area (Å²) < 4.78 is 0. The molecule has 0 spiro atoms. The molecule has 1 saturated heterocycles. The standard InChI is InChI=1S/C21H30N2O2S/c1-3-17-14(2)18-10-9-16(11-19(18)23-21(17)25)22-20(24)13-26-12-15-7-5-4-6-8-15/h4-8,14,16-19H,3,9-13H2,1-2H3,(H,22,24)(H,23,25). The Labute approximate surface area is 160 Å². The van der Waals surface area contributed by atoms with Crippen LogP contribution in [0.5, 0.6) is 0 Å². The fourth-order valence-electron chi connectivity index (χ4n) is 4.61. The van der Waals surface area contributed by atoms with Crippen LogP contribution < -0.4 is 10.6 Å². The van der Waals surface area contributed by atoms with Crippen LogP contribution in [0.3, 0.4) is 0 Å². The molecule has 1 saturated carbocycles. The molecule has 2 aliphatic rings. The first-order valence-corrected chi connectivity index (χ1v) is 10.9. The summed E-state index contributed by atoms with van der Waals surface area (Å²) in [5.41, 5.74) is 1.25. The summed E-state index contributed by atoms with van der Waals surface area (Å²) >= 11 is 1.65. The highest BCUT2D eigenvalue weighted by atomic mass is 32.2. The van der Waals surface area contributed by atoms with E-state index >= 15 is 0 Å². The van der Waals surface area contributed by atoms with Gasteiger partial charge in [0.05, 0.1) is 5.75 Å². The number of hydrogen-bond donors (Lipinski definition) is 2. The van der Waals surface area contributed by atoms with Crippen LogP contribution in [0, 0.1) is 17.8 Å². The third-order valence-electron chi connectivity index (χ3n) is 6.03. The molecule has 0 aromatic heterocycles. The molecule has 3 rings (SSSR count). The van der Waals surface area contributed by atoms with Crippen LogP contribution in [-0.4, -0.2) is 29.7 Å². The van der Waals surface area contributed by atoms with Crippen LogP contribution in [0.25, 0.3) is 0 Å². The molecule has 5 heteroatoms.